The second-order valence-electron chi connectivity index (χ2n) is 1.99. The van der Waals surface area contributed by atoms with E-state index in [1.165, 1.54) is 5.38 Å². The molecule has 1 N–H and O–H groups in total. The van der Waals surface area contributed by atoms with Crippen LogP contribution in [0.4, 0.5) is 0 Å². The summed E-state index contributed by atoms with van der Waals surface area (Å²) in [5, 5.41) is 9.76. The Morgan fingerprint density at radius 1 is 1.62 bits per heavy atom. The molecule has 0 radical (unpaired) electrons. The zero-order chi connectivity index (χ0) is 10.2. The van der Waals surface area contributed by atoms with E-state index < -0.39 is 15.0 Å². The van der Waals surface area contributed by atoms with Gasteiger partial charge in [0.25, 0.3) is 9.05 Å². The van der Waals surface area contributed by atoms with E-state index in [0.29, 0.717) is 0 Å². The summed E-state index contributed by atoms with van der Waals surface area (Å²) in [6.07, 6.45) is 0. The molecule has 0 aliphatic carbocycles. The summed E-state index contributed by atoms with van der Waals surface area (Å²) in [6.45, 7) is 0. The van der Waals surface area contributed by atoms with Crippen molar-refractivity contribution in [1.82, 2.24) is 0 Å². The molecule has 4 nitrogen and oxygen atoms in total. The first-order valence-corrected chi connectivity index (χ1v) is 6.77. The molecular formula is C5H2BrClO4S2. The zero-order valence-corrected chi connectivity index (χ0v) is 9.80. The van der Waals surface area contributed by atoms with Crippen LogP contribution >= 0.6 is 37.9 Å². The molecule has 0 aromatic carbocycles. The molecule has 0 aliphatic heterocycles. The average Bonchev–Trinajstić information content (AvgIpc) is 2.28. The van der Waals surface area contributed by atoms with Crippen LogP contribution < -0.4 is 0 Å². The Kier molecular flexibility index (Phi) is 3.01. The fourth-order valence-corrected chi connectivity index (χ4v) is 4.47. The number of carboxylic acid groups (broad SMARTS) is 1. The van der Waals surface area contributed by atoms with Gasteiger partial charge in [-0.1, -0.05) is 0 Å². The molecule has 8 heteroatoms. The van der Waals surface area contributed by atoms with Crippen LogP contribution in [0, 0.1) is 0 Å². The summed E-state index contributed by atoms with van der Waals surface area (Å²) in [7, 11) is 1.16. The van der Waals surface area contributed by atoms with Crippen LogP contribution in [0.3, 0.4) is 0 Å². The van der Waals surface area contributed by atoms with Gasteiger partial charge in [-0.2, -0.15) is 0 Å². The summed E-state index contributed by atoms with van der Waals surface area (Å²) in [5.41, 5.74) is 0. The van der Waals surface area contributed by atoms with Crippen LogP contribution in [-0.2, 0) is 9.05 Å². The summed E-state index contributed by atoms with van der Waals surface area (Å²) >= 11 is 3.65. The van der Waals surface area contributed by atoms with Crippen molar-refractivity contribution >= 4 is 53.0 Å². The van der Waals surface area contributed by atoms with Gasteiger partial charge < -0.3 is 5.11 Å². The lowest BCUT2D eigenvalue weighted by atomic mass is 10.5. The molecule has 72 valence electrons. The smallest absolute Gasteiger partial charge is 0.347 e. The SMILES string of the molecule is O=C(O)c1scc(S(=O)(=O)Cl)c1Br. The predicted molar refractivity (Wildman–Crippen MR) is 52.0 cm³/mol. The molecule has 0 saturated heterocycles. The zero-order valence-electron chi connectivity index (χ0n) is 5.82. The summed E-state index contributed by atoms with van der Waals surface area (Å²) < 4.78 is 21.7. The molecule has 0 spiro atoms. The summed E-state index contributed by atoms with van der Waals surface area (Å²) in [6, 6.07) is 0. The van der Waals surface area contributed by atoms with Crippen LogP contribution in [0.2, 0.25) is 0 Å². The highest BCUT2D eigenvalue weighted by Crippen LogP contribution is 2.33. The lowest BCUT2D eigenvalue weighted by Crippen LogP contribution is -1.94. The number of hydrogen-bond donors (Lipinski definition) is 1. The van der Waals surface area contributed by atoms with Crippen LogP contribution in [0.25, 0.3) is 0 Å². The van der Waals surface area contributed by atoms with Crippen LogP contribution in [0.1, 0.15) is 9.67 Å². The van der Waals surface area contributed by atoms with Crippen molar-refractivity contribution in [2.75, 3.05) is 0 Å². The van der Waals surface area contributed by atoms with Crippen molar-refractivity contribution < 1.29 is 18.3 Å². The summed E-state index contributed by atoms with van der Waals surface area (Å²) in [5.74, 6) is -1.19. The number of carboxylic acids is 1. The highest BCUT2D eigenvalue weighted by molar-refractivity contribution is 9.10. The molecule has 1 aromatic heterocycles. The molecule has 13 heavy (non-hydrogen) atoms. The maximum atomic E-state index is 10.8. The van der Waals surface area contributed by atoms with E-state index in [0.717, 1.165) is 11.3 Å². The minimum atomic E-state index is -3.87. The average molecular weight is 306 g/mol. The van der Waals surface area contributed by atoms with Gasteiger partial charge in [0.1, 0.15) is 9.77 Å². The van der Waals surface area contributed by atoms with Crippen molar-refractivity contribution in [2.45, 2.75) is 4.90 Å². The number of carbonyl (C=O) groups is 1. The van der Waals surface area contributed by atoms with Crippen LogP contribution in [0.15, 0.2) is 14.7 Å². The molecule has 0 aliphatic rings. The second-order valence-corrected chi connectivity index (χ2v) is 6.19. The van der Waals surface area contributed by atoms with Gasteiger partial charge in [0.05, 0.1) is 4.47 Å². The van der Waals surface area contributed by atoms with E-state index in [9.17, 15) is 13.2 Å². The highest BCUT2D eigenvalue weighted by Gasteiger charge is 2.22. The van der Waals surface area contributed by atoms with E-state index >= 15 is 0 Å². The van der Waals surface area contributed by atoms with Gasteiger partial charge in [-0.15, -0.1) is 11.3 Å². The largest absolute Gasteiger partial charge is 0.477 e. The van der Waals surface area contributed by atoms with Gasteiger partial charge in [-0.3, -0.25) is 0 Å². The molecule has 0 unspecified atom stereocenters. The van der Waals surface area contributed by atoms with E-state index in [-0.39, 0.29) is 14.2 Å². The Morgan fingerprint density at radius 2 is 2.15 bits per heavy atom. The first-order valence-electron chi connectivity index (χ1n) is 2.79. The third-order valence-corrected chi connectivity index (χ3v) is 4.97. The lowest BCUT2D eigenvalue weighted by molar-refractivity contribution is 0.0701. The van der Waals surface area contributed by atoms with E-state index in [1.807, 2.05) is 0 Å². The minimum Gasteiger partial charge on any atom is -0.477 e. The van der Waals surface area contributed by atoms with Gasteiger partial charge in [0.2, 0.25) is 0 Å². The van der Waals surface area contributed by atoms with E-state index in [2.05, 4.69) is 15.9 Å². The van der Waals surface area contributed by atoms with Crippen LogP contribution in [-0.4, -0.2) is 19.5 Å². The topological polar surface area (TPSA) is 71.4 Å². The quantitative estimate of drug-likeness (QED) is 0.850. The van der Waals surface area contributed by atoms with Crippen molar-refractivity contribution in [2.24, 2.45) is 0 Å². The fraction of sp³-hybridized carbons (Fsp3) is 0. The first-order chi connectivity index (χ1) is 5.84. The van der Waals surface area contributed by atoms with E-state index in [4.69, 9.17) is 15.8 Å². The Hall–Kier alpha value is -0.110. The standard InChI is InChI=1S/C5H2BrClO4S2/c6-3-2(13(7,10)11)1-12-4(3)5(8)9/h1H,(H,8,9). The highest BCUT2D eigenvalue weighted by atomic mass is 79.9. The number of halogens is 2. The van der Waals surface area contributed by atoms with E-state index in [1.54, 1.807) is 0 Å². The van der Waals surface area contributed by atoms with Crippen molar-refractivity contribution in [1.29, 1.82) is 0 Å². The number of rotatable bonds is 2. The molecule has 1 heterocycles. The number of aromatic carboxylic acids is 1. The molecule has 1 rings (SSSR count). The molecule has 0 atom stereocenters. The lowest BCUT2D eigenvalue weighted by Gasteiger charge is -1.92. The van der Waals surface area contributed by atoms with Crippen LogP contribution in [0.5, 0.6) is 0 Å². The van der Waals surface area contributed by atoms with Crippen molar-refractivity contribution in [3.8, 4) is 0 Å². The minimum absolute atomic E-state index is 0.000000000000000444. The van der Waals surface area contributed by atoms with Gasteiger partial charge in [0, 0.05) is 16.1 Å². The first kappa shape index (κ1) is 11.0. The normalized spacial score (nSPS) is 11.5. The Labute approximate surface area is 90.7 Å². The van der Waals surface area contributed by atoms with Crippen molar-refractivity contribution in [3.63, 3.8) is 0 Å². The maximum Gasteiger partial charge on any atom is 0.347 e. The Morgan fingerprint density at radius 3 is 2.38 bits per heavy atom. The molecule has 1 aromatic rings. The monoisotopic (exact) mass is 304 g/mol. The predicted octanol–water partition coefficient (Wildman–Crippen LogP) is 2.14. The third-order valence-electron chi connectivity index (χ3n) is 1.16. The molecule has 0 fully saturated rings. The summed E-state index contributed by atoms with van der Waals surface area (Å²) in [4.78, 5) is 10.2. The molecular weight excluding hydrogens is 304 g/mol. The number of hydrogen-bond acceptors (Lipinski definition) is 4. The Balaban J connectivity index is 3.39. The van der Waals surface area contributed by atoms with Crippen molar-refractivity contribution in [3.05, 3.63) is 14.7 Å². The molecule has 0 amide bonds. The Bertz CT molecular complexity index is 449. The van der Waals surface area contributed by atoms with Gasteiger partial charge in [-0.25, -0.2) is 13.2 Å². The number of thiophene rings is 1. The van der Waals surface area contributed by atoms with Gasteiger partial charge in [0.15, 0.2) is 0 Å². The maximum absolute atomic E-state index is 10.8. The second kappa shape index (κ2) is 3.56. The fourth-order valence-electron chi connectivity index (χ4n) is 0.637. The molecule has 0 saturated carbocycles. The molecule has 0 bridgehead atoms. The van der Waals surface area contributed by atoms with Gasteiger partial charge in [-0.05, 0) is 15.9 Å². The third kappa shape index (κ3) is 2.22. The van der Waals surface area contributed by atoms with Gasteiger partial charge >= 0.3 is 5.97 Å².